The highest BCUT2D eigenvalue weighted by atomic mass is 35.5. The molecular formula is C22H24ClN5O2S. The average Bonchev–Trinajstić information content (AvgIpc) is 3.06. The molecule has 0 atom stereocenters. The number of anilines is 2. The number of nitrogens with one attached hydrogen (secondary N) is 2. The number of benzene rings is 2. The van der Waals surface area contributed by atoms with E-state index in [1.54, 1.807) is 29.8 Å². The standard InChI is InChI=1S/C22H24ClN5O2S/c1-13-8-9-14(2)18(10-13)25-20(29)11-19-26-27-22(28(19)4)31-12-21(30)24-17-7-5-6-16(23)15(17)3/h5-10H,11-12H2,1-4H3,(H,24,30)(H,25,29). The topological polar surface area (TPSA) is 88.9 Å². The highest BCUT2D eigenvalue weighted by Crippen LogP contribution is 2.24. The van der Waals surface area contributed by atoms with Crippen LogP contribution in [-0.4, -0.2) is 32.3 Å². The van der Waals surface area contributed by atoms with Crippen molar-refractivity contribution >= 4 is 46.6 Å². The van der Waals surface area contributed by atoms with Crippen molar-refractivity contribution in [1.82, 2.24) is 14.8 Å². The van der Waals surface area contributed by atoms with Crippen molar-refractivity contribution in [3.05, 3.63) is 63.9 Å². The molecule has 0 saturated heterocycles. The molecular weight excluding hydrogens is 434 g/mol. The average molecular weight is 458 g/mol. The van der Waals surface area contributed by atoms with E-state index < -0.39 is 0 Å². The van der Waals surface area contributed by atoms with Gasteiger partial charge in [0.05, 0.1) is 12.2 Å². The Balaban J connectivity index is 1.57. The molecule has 0 spiro atoms. The van der Waals surface area contributed by atoms with E-state index in [4.69, 9.17) is 11.6 Å². The summed E-state index contributed by atoms with van der Waals surface area (Å²) < 4.78 is 1.73. The smallest absolute Gasteiger partial charge is 0.234 e. The lowest BCUT2D eigenvalue weighted by Gasteiger charge is -2.10. The van der Waals surface area contributed by atoms with Crippen LogP contribution in [0.25, 0.3) is 0 Å². The number of nitrogens with zero attached hydrogens (tertiary/aromatic N) is 3. The van der Waals surface area contributed by atoms with E-state index in [0.717, 1.165) is 22.4 Å². The Kier molecular flexibility index (Phi) is 7.35. The zero-order valence-electron chi connectivity index (χ0n) is 17.8. The lowest BCUT2D eigenvalue weighted by atomic mass is 10.1. The molecule has 2 aromatic carbocycles. The third kappa shape index (κ3) is 5.86. The Morgan fingerprint density at radius 3 is 2.55 bits per heavy atom. The second-order valence-electron chi connectivity index (χ2n) is 7.25. The minimum Gasteiger partial charge on any atom is -0.325 e. The number of rotatable bonds is 7. The van der Waals surface area contributed by atoms with Gasteiger partial charge in [-0.2, -0.15) is 0 Å². The highest BCUT2D eigenvalue weighted by Gasteiger charge is 2.15. The maximum absolute atomic E-state index is 12.5. The second kappa shape index (κ2) is 9.98. The van der Waals surface area contributed by atoms with Gasteiger partial charge in [0.15, 0.2) is 5.16 Å². The molecule has 0 bridgehead atoms. The van der Waals surface area contributed by atoms with Crippen molar-refractivity contribution in [1.29, 1.82) is 0 Å². The van der Waals surface area contributed by atoms with Gasteiger partial charge in [-0.1, -0.05) is 41.6 Å². The summed E-state index contributed by atoms with van der Waals surface area (Å²) in [4.78, 5) is 24.8. The maximum atomic E-state index is 12.5. The molecule has 31 heavy (non-hydrogen) atoms. The Hall–Kier alpha value is -2.84. The van der Waals surface area contributed by atoms with Gasteiger partial charge >= 0.3 is 0 Å². The minimum absolute atomic E-state index is 0.0886. The van der Waals surface area contributed by atoms with Gasteiger partial charge < -0.3 is 15.2 Å². The first-order valence-electron chi connectivity index (χ1n) is 9.67. The summed E-state index contributed by atoms with van der Waals surface area (Å²) in [6.07, 6.45) is 0.0886. The van der Waals surface area contributed by atoms with Crippen LogP contribution in [-0.2, 0) is 23.1 Å². The van der Waals surface area contributed by atoms with Crippen LogP contribution in [0.4, 0.5) is 11.4 Å². The maximum Gasteiger partial charge on any atom is 0.234 e. The van der Waals surface area contributed by atoms with Crippen molar-refractivity contribution in [2.75, 3.05) is 16.4 Å². The number of hydrogen-bond acceptors (Lipinski definition) is 5. The number of amides is 2. The van der Waals surface area contributed by atoms with E-state index in [1.807, 2.05) is 39.0 Å². The molecule has 0 unspecified atom stereocenters. The normalized spacial score (nSPS) is 10.7. The van der Waals surface area contributed by atoms with E-state index in [9.17, 15) is 9.59 Å². The third-order valence-corrected chi connectivity index (χ3v) is 6.21. The van der Waals surface area contributed by atoms with Crippen molar-refractivity contribution in [2.24, 2.45) is 7.05 Å². The van der Waals surface area contributed by atoms with Crippen molar-refractivity contribution in [3.8, 4) is 0 Å². The Morgan fingerprint density at radius 2 is 1.77 bits per heavy atom. The van der Waals surface area contributed by atoms with E-state index in [-0.39, 0.29) is 24.0 Å². The van der Waals surface area contributed by atoms with Crippen LogP contribution in [0.15, 0.2) is 41.6 Å². The van der Waals surface area contributed by atoms with Crippen LogP contribution in [0.5, 0.6) is 0 Å². The molecule has 0 aliphatic carbocycles. The van der Waals surface area contributed by atoms with E-state index in [0.29, 0.717) is 21.7 Å². The van der Waals surface area contributed by atoms with Crippen LogP contribution >= 0.6 is 23.4 Å². The Labute approximate surface area is 190 Å². The molecule has 7 nitrogen and oxygen atoms in total. The van der Waals surface area contributed by atoms with Gasteiger partial charge in [0, 0.05) is 23.4 Å². The first kappa shape index (κ1) is 22.8. The SMILES string of the molecule is Cc1ccc(C)c(NC(=O)Cc2nnc(SCC(=O)Nc3cccc(Cl)c3C)n2C)c1. The van der Waals surface area contributed by atoms with Crippen LogP contribution < -0.4 is 10.6 Å². The fraction of sp³-hybridized carbons (Fsp3) is 0.273. The first-order valence-corrected chi connectivity index (χ1v) is 11.0. The Bertz CT molecular complexity index is 1130. The van der Waals surface area contributed by atoms with Gasteiger partial charge in [-0.15, -0.1) is 10.2 Å². The summed E-state index contributed by atoms with van der Waals surface area (Å²) in [6, 6.07) is 11.3. The van der Waals surface area contributed by atoms with E-state index in [2.05, 4.69) is 20.8 Å². The van der Waals surface area contributed by atoms with Crippen molar-refractivity contribution in [2.45, 2.75) is 32.3 Å². The summed E-state index contributed by atoms with van der Waals surface area (Å²) in [5.41, 5.74) is 4.35. The number of aromatic nitrogens is 3. The summed E-state index contributed by atoms with van der Waals surface area (Å²) in [5, 5.41) is 15.2. The lowest BCUT2D eigenvalue weighted by molar-refractivity contribution is -0.116. The zero-order chi connectivity index (χ0) is 22.5. The molecule has 3 rings (SSSR count). The highest BCUT2D eigenvalue weighted by molar-refractivity contribution is 7.99. The van der Waals surface area contributed by atoms with Crippen molar-refractivity contribution in [3.63, 3.8) is 0 Å². The molecule has 9 heteroatoms. The monoisotopic (exact) mass is 457 g/mol. The molecule has 2 amide bonds. The minimum atomic E-state index is -0.174. The number of carbonyl (C=O) groups excluding carboxylic acids is 2. The third-order valence-electron chi connectivity index (χ3n) is 4.79. The molecule has 1 heterocycles. The molecule has 3 aromatic rings. The first-order chi connectivity index (χ1) is 14.7. The molecule has 0 aliphatic heterocycles. The van der Waals surface area contributed by atoms with Crippen molar-refractivity contribution < 1.29 is 9.59 Å². The number of thioether (sulfide) groups is 1. The quantitative estimate of drug-likeness (QED) is 0.516. The van der Waals surface area contributed by atoms with Gasteiger partial charge in [-0.3, -0.25) is 9.59 Å². The molecule has 0 saturated carbocycles. The largest absolute Gasteiger partial charge is 0.325 e. The summed E-state index contributed by atoms with van der Waals surface area (Å²) in [6.45, 7) is 5.77. The van der Waals surface area contributed by atoms with E-state index >= 15 is 0 Å². The van der Waals surface area contributed by atoms with Gasteiger partial charge in [-0.05, 0) is 55.7 Å². The van der Waals surface area contributed by atoms with E-state index in [1.165, 1.54) is 11.8 Å². The fourth-order valence-electron chi connectivity index (χ4n) is 2.89. The predicted octanol–water partition coefficient (Wildman–Crippen LogP) is 4.31. The lowest BCUT2D eigenvalue weighted by Crippen LogP contribution is -2.18. The molecule has 0 fully saturated rings. The number of hydrogen-bond donors (Lipinski definition) is 2. The zero-order valence-corrected chi connectivity index (χ0v) is 19.4. The van der Waals surface area contributed by atoms with Gasteiger partial charge in [0.1, 0.15) is 5.82 Å². The Morgan fingerprint density at radius 1 is 1.03 bits per heavy atom. The number of aryl methyl sites for hydroxylation is 2. The van der Waals surface area contributed by atoms with Crippen LogP contribution in [0.2, 0.25) is 5.02 Å². The molecule has 162 valence electrons. The van der Waals surface area contributed by atoms with Gasteiger partial charge in [0.25, 0.3) is 0 Å². The van der Waals surface area contributed by atoms with Crippen LogP contribution in [0, 0.1) is 20.8 Å². The predicted molar refractivity (Wildman–Crippen MR) is 125 cm³/mol. The molecule has 0 radical (unpaired) electrons. The second-order valence-corrected chi connectivity index (χ2v) is 8.60. The molecule has 2 N–H and O–H groups in total. The number of carbonyl (C=O) groups is 2. The van der Waals surface area contributed by atoms with Crippen LogP contribution in [0.1, 0.15) is 22.5 Å². The number of halogens is 1. The summed E-state index contributed by atoms with van der Waals surface area (Å²) in [5.74, 6) is 0.339. The fourth-order valence-corrected chi connectivity index (χ4v) is 3.80. The van der Waals surface area contributed by atoms with Crippen LogP contribution in [0.3, 0.4) is 0 Å². The molecule has 1 aromatic heterocycles. The molecule has 0 aliphatic rings. The van der Waals surface area contributed by atoms with Gasteiger partial charge in [-0.25, -0.2) is 0 Å². The van der Waals surface area contributed by atoms with Gasteiger partial charge in [0.2, 0.25) is 11.8 Å². The summed E-state index contributed by atoms with van der Waals surface area (Å²) in [7, 11) is 1.78. The summed E-state index contributed by atoms with van der Waals surface area (Å²) >= 11 is 7.35.